The van der Waals surface area contributed by atoms with E-state index in [9.17, 15) is 9.18 Å². The molecule has 0 aromatic heterocycles. The average Bonchev–Trinajstić information content (AvgIpc) is 2.31. The molecule has 0 aliphatic heterocycles. The van der Waals surface area contributed by atoms with Crippen LogP contribution in [0.4, 0.5) is 4.39 Å². The second-order valence-electron chi connectivity index (χ2n) is 3.53. The topological polar surface area (TPSA) is 29.5 Å². The van der Waals surface area contributed by atoms with E-state index < -0.39 is 0 Å². The molecule has 0 spiro atoms. The molecule has 5 heteroatoms. The Morgan fingerprint density at radius 2 is 2.18 bits per heavy atom. The first-order chi connectivity index (χ1) is 8.15. The summed E-state index contributed by atoms with van der Waals surface area (Å²) in [5.41, 5.74) is 0. The summed E-state index contributed by atoms with van der Waals surface area (Å²) < 4.78 is 18.4. The molecule has 94 valence electrons. The fourth-order valence-corrected chi connectivity index (χ4v) is 1.59. The van der Waals surface area contributed by atoms with Crippen LogP contribution < -0.4 is 4.74 Å². The maximum Gasteiger partial charge on any atom is 0.223 e. The average molecular weight is 304 g/mol. The van der Waals surface area contributed by atoms with Crippen LogP contribution in [0, 0.1) is 5.82 Å². The Kier molecular flexibility index (Phi) is 5.97. The highest BCUT2D eigenvalue weighted by Gasteiger charge is 2.08. The highest BCUT2D eigenvalue weighted by Crippen LogP contribution is 2.14. The molecule has 0 atom stereocenters. The van der Waals surface area contributed by atoms with Crippen molar-refractivity contribution >= 4 is 21.8 Å². The lowest BCUT2D eigenvalue weighted by Crippen LogP contribution is -2.30. The molecule has 1 rings (SSSR count). The number of hydrogen-bond acceptors (Lipinski definition) is 2. The number of rotatable bonds is 6. The molecular formula is C12H15BrFNO2. The molecule has 3 nitrogen and oxygen atoms in total. The summed E-state index contributed by atoms with van der Waals surface area (Å²) in [4.78, 5) is 13.0. The molecule has 1 aromatic rings. The van der Waals surface area contributed by atoms with E-state index in [1.54, 1.807) is 30.1 Å². The Balaban J connectivity index is 2.33. The Labute approximate surface area is 109 Å². The highest BCUT2D eigenvalue weighted by atomic mass is 79.9. The predicted molar refractivity (Wildman–Crippen MR) is 67.9 cm³/mol. The molecule has 1 amide bonds. The maximum absolute atomic E-state index is 13.2. The van der Waals surface area contributed by atoms with Crippen LogP contribution in [0.25, 0.3) is 0 Å². The first-order valence-corrected chi connectivity index (χ1v) is 6.44. The van der Waals surface area contributed by atoms with Crippen LogP contribution >= 0.6 is 15.9 Å². The van der Waals surface area contributed by atoms with Crippen molar-refractivity contribution < 1.29 is 13.9 Å². The lowest BCUT2D eigenvalue weighted by atomic mass is 10.3. The van der Waals surface area contributed by atoms with Gasteiger partial charge >= 0.3 is 0 Å². The molecule has 0 aliphatic carbocycles. The van der Waals surface area contributed by atoms with Crippen LogP contribution in [-0.4, -0.2) is 36.3 Å². The molecule has 0 N–H and O–H groups in total. The smallest absolute Gasteiger partial charge is 0.223 e. The number of carbonyl (C=O) groups is 1. The van der Waals surface area contributed by atoms with Gasteiger partial charge in [-0.3, -0.25) is 4.79 Å². The highest BCUT2D eigenvalue weighted by molar-refractivity contribution is 9.09. The van der Waals surface area contributed by atoms with Gasteiger partial charge in [0.05, 0.1) is 6.54 Å². The third-order valence-corrected chi connectivity index (χ3v) is 2.65. The SMILES string of the molecule is CN(CCOc1ccccc1F)C(=O)CCBr. The molecule has 0 bridgehead atoms. The van der Waals surface area contributed by atoms with Crippen molar-refractivity contribution in [3.63, 3.8) is 0 Å². The van der Waals surface area contributed by atoms with Crippen molar-refractivity contribution in [2.24, 2.45) is 0 Å². The summed E-state index contributed by atoms with van der Waals surface area (Å²) in [6, 6.07) is 6.22. The number of nitrogens with zero attached hydrogens (tertiary/aromatic N) is 1. The zero-order valence-electron chi connectivity index (χ0n) is 9.66. The van der Waals surface area contributed by atoms with Gasteiger partial charge in [0.2, 0.25) is 5.91 Å². The number of likely N-dealkylation sites (N-methyl/N-ethyl adjacent to an activating group) is 1. The molecule has 0 heterocycles. The standard InChI is InChI=1S/C12H15BrFNO2/c1-15(12(16)6-7-13)8-9-17-11-5-3-2-4-10(11)14/h2-5H,6-9H2,1H3. The van der Waals surface area contributed by atoms with Crippen molar-refractivity contribution in [1.82, 2.24) is 4.90 Å². The Morgan fingerprint density at radius 3 is 2.82 bits per heavy atom. The van der Waals surface area contributed by atoms with Gasteiger partial charge in [-0.15, -0.1) is 0 Å². The molecule has 0 saturated heterocycles. The van der Waals surface area contributed by atoms with Crippen molar-refractivity contribution in [3.05, 3.63) is 30.1 Å². The number of halogens is 2. The summed E-state index contributed by atoms with van der Waals surface area (Å²) in [5.74, 6) is -0.130. The second-order valence-corrected chi connectivity index (χ2v) is 4.33. The number of benzene rings is 1. The monoisotopic (exact) mass is 303 g/mol. The fraction of sp³-hybridized carbons (Fsp3) is 0.417. The van der Waals surface area contributed by atoms with Crippen LogP contribution in [0.1, 0.15) is 6.42 Å². The molecule has 0 fully saturated rings. The number of hydrogen-bond donors (Lipinski definition) is 0. The number of alkyl halides is 1. The molecular weight excluding hydrogens is 289 g/mol. The van der Waals surface area contributed by atoms with Gasteiger partial charge in [0.1, 0.15) is 6.61 Å². The summed E-state index contributed by atoms with van der Waals surface area (Å²) >= 11 is 3.20. The van der Waals surface area contributed by atoms with Gasteiger partial charge < -0.3 is 9.64 Å². The lowest BCUT2D eigenvalue weighted by molar-refractivity contribution is -0.129. The Morgan fingerprint density at radius 1 is 1.47 bits per heavy atom. The normalized spacial score (nSPS) is 10.1. The molecule has 0 unspecified atom stereocenters. The third-order valence-electron chi connectivity index (χ3n) is 2.26. The minimum Gasteiger partial charge on any atom is -0.489 e. The van der Waals surface area contributed by atoms with Crippen molar-refractivity contribution in [3.8, 4) is 5.75 Å². The number of carbonyl (C=O) groups excluding carboxylic acids is 1. The quantitative estimate of drug-likeness (QED) is 0.756. The first-order valence-electron chi connectivity index (χ1n) is 5.32. The van der Waals surface area contributed by atoms with Gasteiger partial charge in [0.25, 0.3) is 0 Å². The summed E-state index contributed by atoms with van der Waals surface area (Å²) in [5, 5.41) is 0.643. The lowest BCUT2D eigenvalue weighted by Gasteiger charge is -2.17. The third kappa shape index (κ3) is 4.73. The molecule has 0 aliphatic rings. The van der Waals surface area contributed by atoms with E-state index in [1.165, 1.54) is 6.07 Å². The van der Waals surface area contributed by atoms with Crippen LogP contribution in [0.5, 0.6) is 5.75 Å². The minimum absolute atomic E-state index is 0.0407. The van der Waals surface area contributed by atoms with E-state index >= 15 is 0 Å². The van der Waals surface area contributed by atoms with Gasteiger partial charge in [-0.25, -0.2) is 4.39 Å². The van der Waals surface area contributed by atoms with Crippen LogP contribution in [0.2, 0.25) is 0 Å². The maximum atomic E-state index is 13.2. The molecule has 0 radical (unpaired) electrons. The van der Waals surface area contributed by atoms with Crippen LogP contribution in [0.3, 0.4) is 0 Å². The molecule has 17 heavy (non-hydrogen) atoms. The van der Waals surface area contributed by atoms with Gasteiger partial charge in [-0.2, -0.15) is 0 Å². The second kappa shape index (κ2) is 7.27. The number of para-hydroxylation sites is 1. The van der Waals surface area contributed by atoms with Crippen molar-refractivity contribution in [2.75, 3.05) is 25.5 Å². The number of amides is 1. The first kappa shape index (κ1) is 14.0. The van der Waals surface area contributed by atoms with Crippen LogP contribution in [-0.2, 0) is 4.79 Å². The largest absolute Gasteiger partial charge is 0.489 e. The molecule has 0 saturated carbocycles. The van der Waals surface area contributed by atoms with Crippen molar-refractivity contribution in [2.45, 2.75) is 6.42 Å². The van der Waals surface area contributed by atoms with E-state index in [1.807, 2.05) is 0 Å². The molecule has 1 aromatic carbocycles. The van der Waals surface area contributed by atoms with Crippen molar-refractivity contribution in [1.29, 1.82) is 0 Å². The van der Waals surface area contributed by atoms with Gasteiger partial charge in [0, 0.05) is 18.8 Å². The summed E-state index contributed by atoms with van der Waals surface area (Å²) in [6.07, 6.45) is 0.455. The predicted octanol–water partition coefficient (Wildman–Crippen LogP) is 2.45. The van der Waals surface area contributed by atoms with E-state index in [4.69, 9.17) is 4.74 Å². The zero-order chi connectivity index (χ0) is 12.7. The van der Waals surface area contributed by atoms with Gasteiger partial charge in [0.15, 0.2) is 11.6 Å². The van der Waals surface area contributed by atoms with E-state index in [2.05, 4.69) is 15.9 Å². The van der Waals surface area contributed by atoms with E-state index in [0.29, 0.717) is 18.3 Å². The van der Waals surface area contributed by atoms with Gasteiger partial charge in [-0.05, 0) is 12.1 Å². The number of ether oxygens (including phenoxy) is 1. The zero-order valence-corrected chi connectivity index (χ0v) is 11.2. The Bertz CT molecular complexity index is 373. The Hall–Kier alpha value is -1.10. The van der Waals surface area contributed by atoms with Gasteiger partial charge in [-0.1, -0.05) is 28.1 Å². The van der Waals surface area contributed by atoms with Crippen LogP contribution in [0.15, 0.2) is 24.3 Å². The fourth-order valence-electron chi connectivity index (χ4n) is 1.25. The van der Waals surface area contributed by atoms with E-state index in [0.717, 1.165) is 0 Å². The van der Waals surface area contributed by atoms with E-state index in [-0.39, 0.29) is 24.1 Å². The summed E-state index contributed by atoms with van der Waals surface area (Å²) in [6.45, 7) is 0.728. The summed E-state index contributed by atoms with van der Waals surface area (Å²) in [7, 11) is 1.70. The minimum atomic E-state index is -0.387.